The van der Waals surface area contributed by atoms with Crippen molar-refractivity contribution in [2.45, 2.75) is 43.7 Å². The molecule has 4 unspecified atom stereocenters. The number of carbonyl (C=O) groups is 2. The molecule has 2 aliphatic rings. The molecule has 264 valence electrons. The monoisotopic (exact) mass is 706 g/mol. The Bertz CT molecular complexity index is 2110. The topological polar surface area (TPSA) is 126 Å². The first-order chi connectivity index (χ1) is 25.0. The van der Waals surface area contributed by atoms with E-state index in [9.17, 15) is 19.7 Å². The summed E-state index contributed by atoms with van der Waals surface area (Å²) in [6.45, 7) is 2.76. The number of nitro groups is 1. The first-order valence-electron chi connectivity index (χ1n) is 16.4. The van der Waals surface area contributed by atoms with E-state index in [1.54, 1.807) is 91.0 Å². The lowest BCUT2D eigenvalue weighted by molar-refractivity contribution is -0.539. The van der Waals surface area contributed by atoms with E-state index in [1.807, 2.05) is 0 Å². The molecule has 10 nitrogen and oxygen atoms in total. The van der Waals surface area contributed by atoms with Gasteiger partial charge in [0.2, 0.25) is 6.04 Å². The standard InChI is InChI=1S/C40H32F2N2O8/c1-39(2)51-37(45)40(38(46)52-39)33(24-12-6-3-7-13-24)35(44(47)48)34(25-18-20-29(41)31(22-25)49-27-14-8-4-9-15-27)43-36(40)26-19-21-30(42)32(23-26)50-28-16-10-5-11-17-28/h3-23,33-36,43H,1-2H3. The zero-order valence-corrected chi connectivity index (χ0v) is 27.9. The molecule has 0 bridgehead atoms. The molecule has 2 aliphatic heterocycles. The number of para-hydroxylation sites is 2. The fraction of sp³-hybridized carbons (Fsp3) is 0.200. The maximum atomic E-state index is 15.4. The highest BCUT2D eigenvalue weighted by Crippen LogP contribution is 2.59. The molecule has 5 aromatic carbocycles. The predicted molar refractivity (Wildman–Crippen MR) is 183 cm³/mol. The van der Waals surface area contributed by atoms with E-state index in [-0.39, 0.29) is 28.2 Å². The van der Waals surface area contributed by atoms with Gasteiger partial charge in [0.1, 0.15) is 17.5 Å². The third-order valence-electron chi connectivity index (χ3n) is 9.27. The summed E-state index contributed by atoms with van der Waals surface area (Å²) in [5.74, 6) is -6.65. The number of hydrogen-bond donors (Lipinski definition) is 1. The van der Waals surface area contributed by atoms with E-state index in [0.717, 1.165) is 12.1 Å². The minimum atomic E-state index is -2.42. The number of esters is 2. The Morgan fingerprint density at radius 2 is 1.13 bits per heavy atom. The van der Waals surface area contributed by atoms with Crippen molar-refractivity contribution in [2.24, 2.45) is 5.41 Å². The van der Waals surface area contributed by atoms with Crippen LogP contribution in [0.15, 0.2) is 127 Å². The second-order valence-electron chi connectivity index (χ2n) is 13.0. The average Bonchev–Trinajstić information content (AvgIpc) is 3.12. The fourth-order valence-corrected chi connectivity index (χ4v) is 7.08. The summed E-state index contributed by atoms with van der Waals surface area (Å²) in [5.41, 5.74) is -1.77. The van der Waals surface area contributed by atoms with Crippen LogP contribution in [-0.4, -0.2) is 28.7 Å². The third-order valence-corrected chi connectivity index (χ3v) is 9.27. The van der Waals surface area contributed by atoms with Gasteiger partial charge in [-0.05, 0) is 65.2 Å². The van der Waals surface area contributed by atoms with Gasteiger partial charge in [0.05, 0.1) is 12.0 Å². The lowest BCUT2D eigenvalue weighted by Gasteiger charge is -2.52. The summed E-state index contributed by atoms with van der Waals surface area (Å²) in [6.07, 6.45) is 0. The van der Waals surface area contributed by atoms with Crippen LogP contribution in [0.4, 0.5) is 8.78 Å². The number of piperidine rings is 1. The van der Waals surface area contributed by atoms with Gasteiger partial charge in [-0.15, -0.1) is 0 Å². The van der Waals surface area contributed by atoms with Gasteiger partial charge in [-0.3, -0.25) is 25.0 Å². The largest absolute Gasteiger partial charge is 0.454 e. The average molecular weight is 707 g/mol. The molecule has 2 saturated heterocycles. The van der Waals surface area contributed by atoms with Crippen LogP contribution in [0.25, 0.3) is 0 Å². The van der Waals surface area contributed by atoms with Crippen molar-refractivity contribution in [3.8, 4) is 23.0 Å². The SMILES string of the molecule is CC1(C)OC(=O)C2(C(=O)O1)C(c1ccc(F)c(Oc3ccccc3)c1)NC(c1ccc(F)c(Oc3ccccc3)c1)C([N+](=O)[O-])C2c1ccccc1. The number of cyclic esters (lactones) is 2. The second kappa shape index (κ2) is 13.5. The minimum Gasteiger partial charge on any atom is -0.454 e. The smallest absolute Gasteiger partial charge is 0.329 e. The summed E-state index contributed by atoms with van der Waals surface area (Å²) in [5, 5.41) is 16.6. The summed E-state index contributed by atoms with van der Waals surface area (Å²) >= 11 is 0. The molecule has 2 fully saturated rings. The maximum Gasteiger partial charge on any atom is 0.329 e. The highest BCUT2D eigenvalue weighted by Gasteiger charge is 2.73. The molecule has 12 heteroatoms. The molecule has 52 heavy (non-hydrogen) atoms. The number of nitrogens with one attached hydrogen (secondary N) is 1. The Labute approximate surface area is 297 Å². The normalized spacial score (nSPS) is 21.8. The highest BCUT2D eigenvalue weighted by molar-refractivity contribution is 6.04. The number of halogens is 2. The van der Waals surface area contributed by atoms with Crippen LogP contribution in [0, 0.1) is 27.2 Å². The lowest BCUT2D eigenvalue weighted by Crippen LogP contribution is -2.68. The maximum absolute atomic E-state index is 15.4. The van der Waals surface area contributed by atoms with Crippen molar-refractivity contribution >= 4 is 11.9 Å². The molecule has 0 amide bonds. The van der Waals surface area contributed by atoms with Crippen LogP contribution >= 0.6 is 0 Å². The van der Waals surface area contributed by atoms with Gasteiger partial charge in [-0.25, -0.2) is 8.78 Å². The van der Waals surface area contributed by atoms with Gasteiger partial charge in [0.25, 0.3) is 5.79 Å². The fourth-order valence-electron chi connectivity index (χ4n) is 7.08. The number of ether oxygens (including phenoxy) is 4. The molecule has 1 N–H and O–H groups in total. The van der Waals surface area contributed by atoms with Crippen molar-refractivity contribution in [1.82, 2.24) is 5.32 Å². The van der Waals surface area contributed by atoms with Gasteiger partial charge in [-0.1, -0.05) is 78.9 Å². The minimum absolute atomic E-state index is 0.163. The lowest BCUT2D eigenvalue weighted by atomic mass is 9.58. The number of hydrogen-bond acceptors (Lipinski definition) is 9. The van der Waals surface area contributed by atoms with Crippen LogP contribution < -0.4 is 14.8 Å². The van der Waals surface area contributed by atoms with E-state index in [1.165, 1.54) is 38.1 Å². The Morgan fingerprint density at radius 1 is 0.673 bits per heavy atom. The molecule has 7 rings (SSSR count). The Kier molecular flexibility index (Phi) is 8.93. The van der Waals surface area contributed by atoms with Gasteiger partial charge in [0.15, 0.2) is 28.5 Å². The van der Waals surface area contributed by atoms with Crippen LogP contribution in [0.5, 0.6) is 23.0 Å². The molecule has 4 atom stereocenters. The molecule has 5 aromatic rings. The van der Waals surface area contributed by atoms with E-state index < -0.39 is 63.7 Å². The van der Waals surface area contributed by atoms with Crippen molar-refractivity contribution in [3.05, 3.63) is 166 Å². The number of nitrogens with zero attached hydrogens (tertiary/aromatic N) is 1. The van der Waals surface area contributed by atoms with Gasteiger partial charge in [-0.2, -0.15) is 0 Å². The molecule has 1 spiro atoms. The van der Waals surface area contributed by atoms with E-state index >= 15 is 8.78 Å². The second-order valence-corrected chi connectivity index (χ2v) is 13.0. The number of carbonyl (C=O) groups excluding carboxylic acids is 2. The van der Waals surface area contributed by atoms with E-state index in [0.29, 0.717) is 11.5 Å². The third kappa shape index (κ3) is 6.21. The van der Waals surface area contributed by atoms with Crippen LogP contribution in [0.2, 0.25) is 0 Å². The van der Waals surface area contributed by atoms with Crippen LogP contribution in [-0.2, 0) is 19.1 Å². The Hall–Kier alpha value is -6.14. The van der Waals surface area contributed by atoms with Gasteiger partial charge in [0, 0.05) is 18.8 Å². The number of benzene rings is 5. The van der Waals surface area contributed by atoms with Crippen LogP contribution in [0.3, 0.4) is 0 Å². The van der Waals surface area contributed by atoms with Crippen molar-refractivity contribution in [1.29, 1.82) is 0 Å². The first kappa shape index (κ1) is 34.3. The molecule has 0 aromatic heterocycles. The van der Waals surface area contributed by atoms with Gasteiger partial charge < -0.3 is 18.9 Å². The summed E-state index contributed by atoms with van der Waals surface area (Å²) < 4.78 is 53.8. The zero-order valence-electron chi connectivity index (χ0n) is 27.9. The van der Waals surface area contributed by atoms with E-state index in [4.69, 9.17) is 18.9 Å². The van der Waals surface area contributed by atoms with Gasteiger partial charge >= 0.3 is 11.9 Å². The predicted octanol–water partition coefficient (Wildman–Crippen LogP) is 8.19. The van der Waals surface area contributed by atoms with E-state index in [2.05, 4.69) is 5.32 Å². The van der Waals surface area contributed by atoms with Crippen LogP contribution in [0.1, 0.15) is 48.5 Å². The quantitative estimate of drug-likeness (QED) is 0.0736. The first-order valence-corrected chi connectivity index (χ1v) is 16.4. The Balaban J connectivity index is 1.45. The zero-order chi connectivity index (χ0) is 36.6. The molecular weight excluding hydrogens is 674 g/mol. The molecular formula is C40H32F2N2O8. The molecule has 0 aliphatic carbocycles. The number of rotatable bonds is 8. The molecule has 0 saturated carbocycles. The summed E-state index contributed by atoms with van der Waals surface area (Å²) in [4.78, 5) is 41.9. The van der Waals surface area contributed by atoms with Crippen molar-refractivity contribution < 1.29 is 42.2 Å². The molecule has 2 heterocycles. The van der Waals surface area contributed by atoms with Crippen molar-refractivity contribution in [3.63, 3.8) is 0 Å². The van der Waals surface area contributed by atoms with Crippen molar-refractivity contribution in [2.75, 3.05) is 0 Å². The Morgan fingerprint density at radius 3 is 1.63 bits per heavy atom. The summed E-state index contributed by atoms with van der Waals surface area (Å²) in [7, 11) is 0. The summed E-state index contributed by atoms with van der Waals surface area (Å²) in [6, 6.07) is 28.1. The highest BCUT2D eigenvalue weighted by atomic mass is 19.1. The molecule has 0 radical (unpaired) electrons.